The number of hydrogen-bond donors (Lipinski definition) is 3. The molecule has 0 amide bonds. The molecule has 28 heavy (non-hydrogen) atoms. The van der Waals surface area contributed by atoms with Crippen LogP contribution in [0.5, 0.6) is 0 Å². The van der Waals surface area contributed by atoms with Crippen molar-refractivity contribution in [2.24, 2.45) is 5.92 Å². The normalized spacial score (nSPS) is 25.4. The standard InChI is InChI=1S/C19H19F3N4O2/c1-10-7-14(18(28)17(10)27)24-15-5-6-23-16-9-13(25-26(15)16)11-3-2-4-12(8-11)19(20,21)22/h2-6,8-10,14,17-18,24,27-28H,7H2,1H3/t10-,14-,17-,18+/m1/s1. The van der Waals surface area contributed by atoms with Gasteiger partial charge in [-0.3, -0.25) is 0 Å². The lowest BCUT2D eigenvalue weighted by atomic mass is 10.1. The third-order valence-corrected chi connectivity index (χ3v) is 5.15. The summed E-state index contributed by atoms with van der Waals surface area (Å²) >= 11 is 0. The Kier molecular flexibility index (Phi) is 4.51. The van der Waals surface area contributed by atoms with Crippen molar-refractivity contribution >= 4 is 11.5 Å². The van der Waals surface area contributed by atoms with Crippen molar-refractivity contribution in [3.05, 3.63) is 48.2 Å². The highest BCUT2D eigenvalue weighted by molar-refractivity contribution is 5.66. The van der Waals surface area contributed by atoms with E-state index in [0.717, 1.165) is 12.1 Å². The number of aromatic nitrogens is 3. The minimum atomic E-state index is -4.43. The first-order valence-corrected chi connectivity index (χ1v) is 8.89. The molecule has 0 saturated heterocycles. The molecule has 9 heteroatoms. The van der Waals surface area contributed by atoms with Crippen LogP contribution in [0.15, 0.2) is 42.6 Å². The van der Waals surface area contributed by atoms with Crippen molar-refractivity contribution in [2.45, 2.75) is 37.8 Å². The molecule has 2 aromatic heterocycles. The van der Waals surface area contributed by atoms with E-state index >= 15 is 0 Å². The van der Waals surface area contributed by atoms with Crippen LogP contribution in [-0.4, -0.2) is 43.1 Å². The largest absolute Gasteiger partial charge is 0.416 e. The van der Waals surface area contributed by atoms with Gasteiger partial charge in [-0.25, -0.2) is 4.98 Å². The van der Waals surface area contributed by atoms with Crippen molar-refractivity contribution in [1.82, 2.24) is 14.6 Å². The molecule has 1 aliphatic rings. The number of rotatable bonds is 3. The first-order valence-electron chi connectivity index (χ1n) is 8.89. The average Bonchev–Trinajstić information content (AvgIpc) is 3.19. The molecular formula is C19H19F3N4O2. The second-order valence-electron chi connectivity index (χ2n) is 7.15. The summed E-state index contributed by atoms with van der Waals surface area (Å²) in [5.74, 6) is 0.483. The maximum absolute atomic E-state index is 13.0. The van der Waals surface area contributed by atoms with Gasteiger partial charge in [0.2, 0.25) is 0 Å². The summed E-state index contributed by atoms with van der Waals surface area (Å²) in [5.41, 5.74) is 0.397. The Morgan fingerprint density at radius 2 is 1.93 bits per heavy atom. The summed E-state index contributed by atoms with van der Waals surface area (Å²) < 4.78 is 40.4. The fraction of sp³-hybridized carbons (Fsp3) is 0.368. The van der Waals surface area contributed by atoms with Crippen LogP contribution >= 0.6 is 0 Å². The number of nitrogens with one attached hydrogen (secondary N) is 1. The zero-order chi connectivity index (χ0) is 20.1. The van der Waals surface area contributed by atoms with E-state index in [0.29, 0.717) is 29.1 Å². The van der Waals surface area contributed by atoms with Gasteiger partial charge in [0, 0.05) is 17.8 Å². The lowest BCUT2D eigenvalue weighted by Crippen LogP contribution is -2.35. The number of alkyl halides is 3. The number of nitrogens with zero attached hydrogens (tertiary/aromatic N) is 3. The monoisotopic (exact) mass is 392 g/mol. The van der Waals surface area contributed by atoms with Gasteiger partial charge < -0.3 is 15.5 Å². The molecule has 2 heterocycles. The van der Waals surface area contributed by atoms with Crippen molar-refractivity contribution < 1.29 is 23.4 Å². The molecule has 6 nitrogen and oxygen atoms in total. The second kappa shape index (κ2) is 6.75. The van der Waals surface area contributed by atoms with Crippen LogP contribution in [0.4, 0.5) is 19.0 Å². The Hall–Kier alpha value is -2.65. The van der Waals surface area contributed by atoms with E-state index < -0.39 is 23.9 Å². The van der Waals surface area contributed by atoms with E-state index in [1.54, 1.807) is 24.4 Å². The Labute approximate surface area is 158 Å². The fourth-order valence-electron chi connectivity index (χ4n) is 3.59. The molecule has 0 unspecified atom stereocenters. The average molecular weight is 392 g/mol. The van der Waals surface area contributed by atoms with Gasteiger partial charge in [0.25, 0.3) is 0 Å². The second-order valence-corrected chi connectivity index (χ2v) is 7.15. The first kappa shape index (κ1) is 18.7. The first-order chi connectivity index (χ1) is 13.2. The van der Waals surface area contributed by atoms with Gasteiger partial charge in [-0.05, 0) is 30.5 Å². The van der Waals surface area contributed by atoms with Gasteiger partial charge >= 0.3 is 6.18 Å². The quantitative estimate of drug-likeness (QED) is 0.639. The molecule has 1 saturated carbocycles. The van der Waals surface area contributed by atoms with E-state index in [2.05, 4.69) is 15.4 Å². The molecular weight excluding hydrogens is 373 g/mol. The fourth-order valence-corrected chi connectivity index (χ4v) is 3.59. The summed E-state index contributed by atoms with van der Waals surface area (Å²) in [6.45, 7) is 1.86. The Balaban J connectivity index is 1.68. The van der Waals surface area contributed by atoms with E-state index in [-0.39, 0.29) is 12.0 Å². The number of halogens is 3. The van der Waals surface area contributed by atoms with Gasteiger partial charge in [-0.1, -0.05) is 19.1 Å². The van der Waals surface area contributed by atoms with Crippen molar-refractivity contribution in [3.8, 4) is 11.3 Å². The van der Waals surface area contributed by atoms with Gasteiger partial charge in [-0.2, -0.15) is 22.8 Å². The van der Waals surface area contributed by atoms with Crippen LogP contribution in [0.3, 0.4) is 0 Å². The minimum absolute atomic E-state index is 0.0527. The summed E-state index contributed by atoms with van der Waals surface area (Å²) in [6.07, 6.45) is -4.04. The van der Waals surface area contributed by atoms with Gasteiger partial charge in [0.1, 0.15) is 11.9 Å². The maximum atomic E-state index is 13.0. The lowest BCUT2D eigenvalue weighted by molar-refractivity contribution is -0.137. The predicted molar refractivity (Wildman–Crippen MR) is 96.6 cm³/mol. The van der Waals surface area contributed by atoms with Gasteiger partial charge in [0.15, 0.2) is 5.65 Å². The summed E-state index contributed by atoms with van der Waals surface area (Å²) in [6, 6.07) is 7.86. The lowest BCUT2D eigenvalue weighted by Gasteiger charge is -2.19. The summed E-state index contributed by atoms with van der Waals surface area (Å²) in [5, 5.41) is 27.7. The third-order valence-electron chi connectivity index (χ3n) is 5.15. The molecule has 0 bridgehead atoms. The van der Waals surface area contributed by atoms with Crippen LogP contribution < -0.4 is 5.32 Å². The highest BCUT2D eigenvalue weighted by Gasteiger charge is 2.39. The topological polar surface area (TPSA) is 82.7 Å². The Morgan fingerprint density at radius 1 is 1.14 bits per heavy atom. The van der Waals surface area contributed by atoms with E-state index in [1.807, 2.05) is 6.92 Å². The van der Waals surface area contributed by atoms with Crippen LogP contribution in [0.25, 0.3) is 16.9 Å². The zero-order valence-electron chi connectivity index (χ0n) is 14.9. The molecule has 0 aliphatic heterocycles. The van der Waals surface area contributed by atoms with E-state index in [4.69, 9.17) is 0 Å². The molecule has 1 fully saturated rings. The highest BCUT2D eigenvalue weighted by atomic mass is 19.4. The molecule has 1 aromatic carbocycles. The molecule has 0 spiro atoms. The maximum Gasteiger partial charge on any atom is 0.416 e. The number of aliphatic hydroxyl groups is 2. The number of anilines is 1. The number of benzene rings is 1. The van der Waals surface area contributed by atoms with Crippen molar-refractivity contribution in [2.75, 3.05) is 5.32 Å². The van der Waals surface area contributed by atoms with Crippen molar-refractivity contribution in [1.29, 1.82) is 0 Å². The molecule has 4 atom stereocenters. The molecule has 1 aliphatic carbocycles. The van der Waals surface area contributed by atoms with E-state index in [1.165, 1.54) is 10.6 Å². The van der Waals surface area contributed by atoms with Crippen LogP contribution in [0, 0.1) is 5.92 Å². The van der Waals surface area contributed by atoms with Gasteiger partial charge in [-0.15, -0.1) is 0 Å². The molecule has 0 radical (unpaired) electrons. The molecule has 3 N–H and O–H groups in total. The summed E-state index contributed by atoms with van der Waals surface area (Å²) in [7, 11) is 0. The molecule has 148 valence electrons. The minimum Gasteiger partial charge on any atom is -0.390 e. The smallest absolute Gasteiger partial charge is 0.390 e. The number of fused-ring (bicyclic) bond motifs is 1. The Bertz CT molecular complexity index is 1000. The predicted octanol–water partition coefficient (Wildman–Crippen LogP) is 2.96. The van der Waals surface area contributed by atoms with Crippen molar-refractivity contribution in [3.63, 3.8) is 0 Å². The summed E-state index contributed by atoms with van der Waals surface area (Å²) in [4.78, 5) is 4.21. The third kappa shape index (κ3) is 3.31. The number of aliphatic hydroxyl groups excluding tert-OH is 2. The number of hydrogen-bond acceptors (Lipinski definition) is 5. The molecule has 3 aromatic rings. The van der Waals surface area contributed by atoms with Crippen LogP contribution in [0.2, 0.25) is 0 Å². The highest BCUT2D eigenvalue weighted by Crippen LogP contribution is 2.33. The van der Waals surface area contributed by atoms with Gasteiger partial charge in [0.05, 0.1) is 23.4 Å². The SMILES string of the molecule is C[C@@H]1C[C@@H](Nc2ccnc3cc(-c4cccc(C(F)(F)F)c4)nn23)[C@H](O)[C@@H]1O. The van der Waals surface area contributed by atoms with Crippen LogP contribution in [0.1, 0.15) is 18.9 Å². The zero-order valence-corrected chi connectivity index (χ0v) is 14.9. The Morgan fingerprint density at radius 3 is 2.61 bits per heavy atom. The molecule has 4 rings (SSSR count). The van der Waals surface area contributed by atoms with Crippen LogP contribution in [-0.2, 0) is 6.18 Å². The van der Waals surface area contributed by atoms with E-state index in [9.17, 15) is 23.4 Å².